The Bertz CT molecular complexity index is 179. The van der Waals surface area contributed by atoms with Crippen molar-refractivity contribution in [3.63, 3.8) is 0 Å². The fourth-order valence-corrected chi connectivity index (χ4v) is 5.46. The van der Waals surface area contributed by atoms with Gasteiger partial charge in [0.1, 0.15) is 0 Å². The molecule has 0 saturated carbocycles. The van der Waals surface area contributed by atoms with Gasteiger partial charge in [0.05, 0.1) is 0 Å². The Morgan fingerprint density at radius 2 is 1.22 bits per heavy atom. The highest BCUT2D eigenvalue weighted by Crippen LogP contribution is 2.22. The van der Waals surface area contributed by atoms with Gasteiger partial charge in [-0.1, -0.05) is 46.5 Å². The first-order valence-electron chi connectivity index (χ1n) is 7.56. The number of unbranched alkanes of at least 4 members (excludes halogenated alkanes) is 3. The van der Waals surface area contributed by atoms with Crippen LogP contribution in [0, 0.1) is 0 Å². The third-order valence-corrected chi connectivity index (χ3v) is 7.20. The summed E-state index contributed by atoms with van der Waals surface area (Å²) in [6.07, 6.45) is 7.33. The third-order valence-electron chi connectivity index (χ3n) is 3.53. The summed E-state index contributed by atoms with van der Waals surface area (Å²) in [5.74, 6) is 0. The second kappa shape index (κ2) is 11.0. The molecule has 18 heavy (non-hydrogen) atoms. The topological polar surface area (TPSA) is 21.7 Å². The summed E-state index contributed by atoms with van der Waals surface area (Å²) in [5.41, 5.74) is 0. The highest BCUT2D eigenvalue weighted by atomic mass is 28.4. The van der Waals surface area contributed by atoms with E-state index < -0.39 is 8.72 Å². The minimum atomic E-state index is -2.13. The van der Waals surface area contributed by atoms with Gasteiger partial charge in [0, 0.05) is 20.3 Å². The minimum absolute atomic E-state index is 1.09. The van der Waals surface area contributed by atoms with Crippen LogP contribution in [-0.4, -0.2) is 40.6 Å². The molecule has 110 valence electrons. The van der Waals surface area contributed by atoms with Gasteiger partial charge in [0.25, 0.3) is 0 Å². The first-order valence-corrected chi connectivity index (χ1v) is 9.53. The van der Waals surface area contributed by atoms with Crippen molar-refractivity contribution in [3.8, 4) is 0 Å². The van der Waals surface area contributed by atoms with Crippen LogP contribution in [0.15, 0.2) is 0 Å². The molecular formula is C14H33NO2Si. The van der Waals surface area contributed by atoms with Gasteiger partial charge in [-0.25, -0.2) is 0 Å². The van der Waals surface area contributed by atoms with Gasteiger partial charge < -0.3 is 8.85 Å². The zero-order valence-corrected chi connectivity index (χ0v) is 14.1. The van der Waals surface area contributed by atoms with E-state index in [1.165, 1.54) is 38.5 Å². The van der Waals surface area contributed by atoms with Crippen LogP contribution in [0.1, 0.15) is 59.3 Å². The second-order valence-corrected chi connectivity index (χ2v) is 8.29. The fourth-order valence-electron chi connectivity index (χ4n) is 2.25. The van der Waals surface area contributed by atoms with Gasteiger partial charge in [-0.15, -0.1) is 0 Å². The van der Waals surface area contributed by atoms with Crippen LogP contribution < -0.4 is 0 Å². The van der Waals surface area contributed by atoms with Gasteiger partial charge in [0.15, 0.2) is 0 Å². The van der Waals surface area contributed by atoms with E-state index in [9.17, 15) is 0 Å². The van der Waals surface area contributed by atoms with E-state index in [1.54, 1.807) is 0 Å². The van der Waals surface area contributed by atoms with E-state index in [1.807, 2.05) is 14.2 Å². The first kappa shape index (κ1) is 18.1. The summed E-state index contributed by atoms with van der Waals surface area (Å²) in [4.78, 5) is 0. The van der Waals surface area contributed by atoms with Crippen molar-refractivity contribution in [3.05, 3.63) is 0 Å². The average Bonchev–Trinajstić information content (AvgIpc) is 2.42. The number of hydrogen-bond acceptors (Lipinski definition) is 3. The highest BCUT2D eigenvalue weighted by Gasteiger charge is 2.41. The van der Waals surface area contributed by atoms with Crippen molar-refractivity contribution in [2.45, 2.75) is 65.3 Å². The SMILES string of the molecule is CCCCN(CCCC)[Si](CCCC)(OC)OC. The lowest BCUT2D eigenvalue weighted by Gasteiger charge is -2.38. The molecule has 3 nitrogen and oxygen atoms in total. The maximum Gasteiger partial charge on any atom is 0.427 e. The molecular weight excluding hydrogens is 242 g/mol. The van der Waals surface area contributed by atoms with Crippen molar-refractivity contribution >= 4 is 8.72 Å². The van der Waals surface area contributed by atoms with Crippen LogP contribution in [0.2, 0.25) is 6.04 Å². The van der Waals surface area contributed by atoms with Crippen molar-refractivity contribution in [2.75, 3.05) is 27.3 Å². The zero-order chi connectivity index (χ0) is 13.9. The van der Waals surface area contributed by atoms with Crippen molar-refractivity contribution < 1.29 is 8.85 Å². The van der Waals surface area contributed by atoms with Crippen molar-refractivity contribution in [1.29, 1.82) is 0 Å². The number of nitrogens with zero attached hydrogens (tertiary/aromatic N) is 1. The molecule has 0 atom stereocenters. The van der Waals surface area contributed by atoms with Crippen LogP contribution in [0.4, 0.5) is 0 Å². The lowest BCUT2D eigenvalue weighted by atomic mass is 10.3. The first-order chi connectivity index (χ1) is 8.70. The van der Waals surface area contributed by atoms with E-state index in [2.05, 4.69) is 25.3 Å². The molecule has 0 rings (SSSR count). The quantitative estimate of drug-likeness (QED) is 0.504. The number of hydrogen-bond donors (Lipinski definition) is 0. The van der Waals surface area contributed by atoms with Gasteiger partial charge in [-0.3, -0.25) is 4.57 Å². The maximum atomic E-state index is 5.89. The molecule has 0 aromatic heterocycles. The molecule has 0 fully saturated rings. The molecule has 0 aliphatic heterocycles. The van der Waals surface area contributed by atoms with Gasteiger partial charge in [0.2, 0.25) is 0 Å². The largest absolute Gasteiger partial charge is 0.427 e. The smallest absolute Gasteiger partial charge is 0.386 e. The Hall–Kier alpha value is 0.0969. The van der Waals surface area contributed by atoms with Crippen LogP contribution in [0.25, 0.3) is 0 Å². The molecule has 0 saturated heterocycles. The lowest BCUT2D eigenvalue weighted by molar-refractivity contribution is 0.157. The van der Waals surface area contributed by atoms with Crippen LogP contribution in [0.3, 0.4) is 0 Å². The Balaban J connectivity index is 4.68. The molecule has 0 N–H and O–H groups in total. The minimum Gasteiger partial charge on any atom is -0.386 e. The van der Waals surface area contributed by atoms with E-state index in [-0.39, 0.29) is 0 Å². The predicted molar refractivity (Wildman–Crippen MR) is 80.9 cm³/mol. The summed E-state index contributed by atoms with van der Waals surface area (Å²) >= 11 is 0. The van der Waals surface area contributed by atoms with Gasteiger partial charge in [-0.2, -0.15) is 0 Å². The van der Waals surface area contributed by atoms with Crippen LogP contribution in [-0.2, 0) is 8.85 Å². The molecule has 0 aliphatic carbocycles. The molecule has 0 aromatic carbocycles. The summed E-state index contributed by atoms with van der Waals surface area (Å²) < 4.78 is 14.3. The molecule has 0 aromatic rings. The van der Waals surface area contributed by atoms with Crippen LogP contribution in [0.5, 0.6) is 0 Å². The molecule has 0 heterocycles. The van der Waals surface area contributed by atoms with E-state index in [4.69, 9.17) is 8.85 Å². The molecule has 0 spiro atoms. The Morgan fingerprint density at radius 1 is 0.778 bits per heavy atom. The molecule has 0 amide bonds. The summed E-state index contributed by atoms with van der Waals surface area (Å²) in [5, 5.41) is 0. The molecule has 0 unspecified atom stereocenters. The molecule has 0 aliphatic rings. The molecule has 4 heteroatoms. The standard InChI is InChI=1S/C14H33NO2Si/c1-6-9-12-15(13-10-7-2)18(16-4,17-5)14-11-8-3/h6-14H2,1-5H3. The van der Waals surface area contributed by atoms with Crippen LogP contribution >= 0.6 is 0 Å². The summed E-state index contributed by atoms with van der Waals surface area (Å²) in [6, 6.07) is 1.09. The third kappa shape index (κ3) is 5.82. The van der Waals surface area contributed by atoms with E-state index >= 15 is 0 Å². The number of rotatable bonds is 12. The maximum absolute atomic E-state index is 5.89. The fraction of sp³-hybridized carbons (Fsp3) is 1.00. The summed E-state index contributed by atoms with van der Waals surface area (Å²) in [6.45, 7) is 8.95. The van der Waals surface area contributed by atoms with Gasteiger partial charge >= 0.3 is 8.72 Å². The van der Waals surface area contributed by atoms with E-state index in [0.29, 0.717) is 0 Å². The molecule has 0 radical (unpaired) electrons. The highest BCUT2D eigenvalue weighted by molar-refractivity contribution is 6.64. The van der Waals surface area contributed by atoms with Gasteiger partial charge in [-0.05, 0) is 25.9 Å². The summed E-state index contributed by atoms with van der Waals surface area (Å²) in [7, 11) is 1.52. The molecule has 0 bridgehead atoms. The normalized spacial score (nSPS) is 12.3. The predicted octanol–water partition coefficient (Wildman–Crippen LogP) is 3.92. The second-order valence-electron chi connectivity index (χ2n) is 4.92. The van der Waals surface area contributed by atoms with Crippen molar-refractivity contribution in [1.82, 2.24) is 4.57 Å². The zero-order valence-electron chi connectivity index (χ0n) is 13.1. The monoisotopic (exact) mass is 275 g/mol. The van der Waals surface area contributed by atoms with E-state index in [0.717, 1.165) is 19.1 Å². The Labute approximate surface area is 115 Å². The Morgan fingerprint density at radius 3 is 1.56 bits per heavy atom. The Kier molecular flexibility index (Phi) is 11.0. The van der Waals surface area contributed by atoms with Crippen molar-refractivity contribution in [2.24, 2.45) is 0 Å². The lowest BCUT2D eigenvalue weighted by Crippen LogP contribution is -2.58. The average molecular weight is 276 g/mol.